The highest BCUT2D eigenvalue weighted by molar-refractivity contribution is 7.86. The van der Waals surface area contributed by atoms with E-state index in [9.17, 15) is 18.0 Å². The minimum Gasteiger partial charge on any atom is -0.480 e. The lowest BCUT2D eigenvalue weighted by Gasteiger charge is -2.29. The zero-order chi connectivity index (χ0) is 13.9. The highest BCUT2D eigenvalue weighted by atomic mass is 32.2. The SMILES string of the molecule is CC(NC(=O)C1CCN(S(N)(=O)=O)CC1)C(=O)O. The Kier molecular flexibility index (Phi) is 4.65. The van der Waals surface area contributed by atoms with Crippen molar-refractivity contribution >= 4 is 22.1 Å². The van der Waals surface area contributed by atoms with Crippen molar-refractivity contribution in [1.82, 2.24) is 9.62 Å². The molecule has 1 aliphatic rings. The van der Waals surface area contributed by atoms with Gasteiger partial charge in [0.1, 0.15) is 6.04 Å². The number of carbonyl (C=O) groups is 2. The Hall–Kier alpha value is -1.19. The van der Waals surface area contributed by atoms with Crippen molar-refractivity contribution in [3.63, 3.8) is 0 Å². The molecular formula is C9H17N3O5S. The molecule has 1 amide bonds. The van der Waals surface area contributed by atoms with Crippen LogP contribution in [0.4, 0.5) is 0 Å². The number of amides is 1. The lowest BCUT2D eigenvalue weighted by molar-refractivity contribution is -0.142. The fourth-order valence-electron chi connectivity index (χ4n) is 1.77. The minimum atomic E-state index is -3.70. The molecule has 4 N–H and O–H groups in total. The molecule has 18 heavy (non-hydrogen) atoms. The van der Waals surface area contributed by atoms with Gasteiger partial charge >= 0.3 is 5.97 Å². The maximum atomic E-state index is 11.7. The molecule has 0 aromatic rings. The van der Waals surface area contributed by atoms with Crippen LogP contribution in [-0.4, -0.2) is 48.8 Å². The molecule has 104 valence electrons. The molecule has 1 fully saturated rings. The van der Waals surface area contributed by atoms with Crippen molar-refractivity contribution in [3.05, 3.63) is 0 Å². The number of rotatable bonds is 4. The molecule has 0 aromatic carbocycles. The summed E-state index contributed by atoms with van der Waals surface area (Å²) in [5.74, 6) is -1.84. The number of hydrogen-bond donors (Lipinski definition) is 3. The number of nitrogens with one attached hydrogen (secondary N) is 1. The predicted octanol–water partition coefficient (Wildman–Crippen LogP) is -1.51. The van der Waals surface area contributed by atoms with Gasteiger partial charge in [0.05, 0.1) is 0 Å². The molecule has 1 heterocycles. The average Bonchev–Trinajstić information content (AvgIpc) is 2.27. The summed E-state index contributed by atoms with van der Waals surface area (Å²) in [4.78, 5) is 22.3. The summed E-state index contributed by atoms with van der Waals surface area (Å²) >= 11 is 0. The van der Waals surface area contributed by atoms with Crippen LogP contribution in [0.25, 0.3) is 0 Å². The molecule has 0 aliphatic carbocycles. The molecule has 1 unspecified atom stereocenters. The van der Waals surface area contributed by atoms with E-state index in [1.54, 1.807) is 0 Å². The largest absolute Gasteiger partial charge is 0.480 e. The van der Waals surface area contributed by atoms with Crippen LogP contribution in [0, 0.1) is 5.92 Å². The molecule has 0 saturated carbocycles. The molecule has 8 nitrogen and oxygen atoms in total. The Bertz CT molecular complexity index is 427. The maximum absolute atomic E-state index is 11.7. The van der Waals surface area contributed by atoms with Gasteiger partial charge < -0.3 is 10.4 Å². The number of carbonyl (C=O) groups excluding carboxylic acids is 1. The van der Waals surface area contributed by atoms with E-state index in [0.29, 0.717) is 12.8 Å². The van der Waals surface area contributed by atoms with Gasteiger partial charge in [-0.05, 0) is 19.8 Å². The van der Waals surface area contributed by atoms with E-state index in [0.717, 1.165) is 4.31 Å². The van der Waals surface area contributed by atoms with Crippen molar-refractivity contribution in [2.75, 3.05) is 13.1 Å². The highest BCUT2D eigenvalue weighted by Crippen LogP contribution is 2.18. The molecule has 1 atom stereocenters. The van der Waals surface area contributed by atoms with Crippen molar-refractivity contribution < 1.29 is 23.1 Å². The number of aliphatic carboxylic acids is 1. The van der Waals surface area contributed by atoms with E-state index in [4.69, 9.17) is 10.2 Å². The van der Waals surface area contributed by atoms with E-state index < -0.39 is 22.2 Å². The summed E-state index contributed by atoms with van der Waals surface area (Å²) in [6, 6.07) is -0.950. The van der Waals surface area contributed by atoms with Gasteiger partial charge in [-0.25, -0.2) is 5.14 Å². The molecule has 0 radical (unpaired) electrons. The van der Waals surface area contributed by atoms with E-state index in [2.05, 4.69) is 5.32 Å². The molecule has 1 rings (SSSR count). The monoisotopic (exact) mass is 279 g/mol. The number of piperidine rings is 1. The summed E-state index contributed by atoms with van der Waals surface area (Å²) < 4.78 is 23.2. The molecular weight excluding hydrogens is 262 g/mol. The Balaban J connectivity index is 2.48. The molecule has 1 saturated heterocycles. The van der Waals surface area contributed by atoms with Crippen LogP contribution >= 0.6 is 0 Å². The van der Waals surface area contributed by atoms with E-state index in [1.807, 2.05) is 0 Å². The standard InChI is InChI=1S/C9H17N3O5S/c1-6(9(14)15)11-8(13)7-2-4-12(5-3-7)18(10,16)17/h6-7H,2-5H2,1H3,(H,11,13)(H,14,15)(H2,10,16,17). The highest BCUT2D eigenvalue weighted by Gasteiger charge is 2.30. The van der Waals surface area contributed by atoms with Crippen LogP contribution in [0.5, 0.6) is 0 Å². The molecule has 0 spiro atoms. The first-order valence-electron chi connectivity index (χ1n) is 5.53. The predicted molar refractivity (Wildman–Crippen MR) is 62.6 cm³/mol. The summed E-state index contributed by atoms with van der Waals surface area (Å²) in [6.45, 7) is 1.73. The Morgan fingerprint density at radius 1 is 1.39 bits per heavy atom. The second-order valence-electron chi connectivity index (χ2n) is 4.29. The van der Waals surface area contributed by atoms with Gasteiger partial charge in [0.2, 0.25) is 5.91 Å². The van der Waals surface area contributed by atoms with Crippen molar-refractivity contribution in [2.24, 2.45) is 11.1 Å². The van der Waals surface area contributed by atoms with Crippen LogP contribution < -0.4 is 10.5 Å². The number of nitrogens with zero attached hydrogens (tertiary/aromatic N) is 1. The van der Waals surface area contributed by atoms with Crippen LogP contribution in [-0.2, 0) is 19.8 Å². The van der Waals surface area contributed by atoms with Crippen LogP contribution in [0.2, 0.25) is 0 Å². The van der Waals surface area contributed by atoms with Gasteiger partial charge in [0.15, 0.2) is 0 Å². The zero-order valence-electron chi connectivity index (χ0n) is 10.00. The number of carboxylic acid groups (broad SMARTS) is 1. The first-order valence-corrected chi connectivity index (χ1v) is 7.03. The first-order chi connectivity index (χ1) is 8.21. The zero-order valence-corrected chi connectivity index (χ0v) is 10.8. The second-order valence-corrected chi connectivity index (χ2v) is 5.83. The van der Waals surface area contributed by atoms with Crippen LogP contribution in [0.3, 0.4) is 0 Å². The fourth-order valence-corrected chi connectivity index (χ4v) is 2.49. The topological polar surface area (TPSA) is 130 Å². The molecule has 9 heteroatoms. The lowest BCUT2D eigenvalue weighted by Crippen LogP contribution is -2.47. The van der Waals surface area contributed by atoms with Gasteiger partial charge in [0.25, 0.3) is 10.2 Å². The smallest absolute Gasteiger partial charge is 0.325 e. The molecule has 0 bridgehead atoms. The third-order valence-electron chi connectivity index (χ3n) is 2.91. The molecule has 0 aromatic heterocycles. The Morgan fingerprint density at radius 3 is 2.28 bits per heavy atom. The number of hydrogen-bond acceptors (Lipinski definition) is 4. The van der Waals surface area contributed by atoms with Gasteiger partial charge in [0, 0.05) is 19.0 Å². The number of nitrogens with two attached hydrogens (primary N) is 1. The van der Waals surface area contributed by atoms with Crippen molar-refractivity contribution in [1.29, 1.82) is 0 Å². The second kappa shape index (κ2) is 5.63. The van der Waals surface area contributed by atoms with E-state index >= 15 is 0 Å². The average molecular weight is 279 g/mol. The maximum Gasteiger partial charge on any atom is 0.325 e. The quantitative estimate of drug-likeness (QED) is 0.576. The van der Waals surface area contributed by atoms with Gasteiger partial charge in [-0.2, -0.15) is 12.7 Å². The third-order valence-corrected chi connectivity index (χ3v) is 4.00. The van der Waals surface area contributed by atoms with Crippen molar-refractivity contribution in [2.45, 2.75) is 25.8 Å². The van der Waals surface area contributed by atoms with E-state index in [-0.39, 0.29) is 24.9 Å². The van der Waals surface area contributed by atoms with Crippen LogP contribution in [0.1, 0.15) is 19.8 Å². The Morgan fingerprint density at radius 2 is 1.89 bits per heavy atom. The third kappa shape index (κ3) is 3.93. The van der Waals surface area contributed by atoms with Gasteiger partial charge in [-0.15, -0.1) is 0 Å². The van der Waals surface area contributed by atoms with Crippen LogP contribution in [0.15, 0.2) is 0 Å². The lowest BCUT2D eigenvalue weighted by atomic mass is 9.97. The molecule has 1 aliphatic heterocycles. The summed E-state index contributed by atoms with van der Waals surface area (Å²) in [5, 5.41) is 16.0. The number of carboxylic acids is 1. The van der Waals surface area contributed by atoms with Gasteiger partial charge in [-0.3, -0.25) is 9.59 Å². The summed E-state index contributed by atoms with van der Waals surface area (Å²) in [7, 11) is -3.70. The summed E-state index contributed by atoms with van der Waals surface area (Å²) in [6.07, 6.45) is 0.684. The van der Waals surface area contributed by atoms with E-state index in [1.165, 1.54) is 6.92 Å². The fraction of sp³-hybridized carbons (Fsp3) is 0.778. The summed E-state index contributed by atoms with van der Waals surface area (Å²) in [5.41, 5.74) is 0. The van der Waals surface area contributed by atoms with Gasteiger partial charge in [-0.1, -0.05) is 0 Å². The minimum absolute atomic E-state index is 0.179. The Labute approximate surface area is 105 Å². The van der Waals surface area contributed by atoms with Crippen molar-refractivity contribution in [3.8, 4) is 0 Å². The first kappa shape index (κ1) is 14.9. The normalized spacial score (nSPS) is 20.3.